The molecule has 4 aromatic rings. The minimum Gasteiger partial charge on any atom is -0.376 e. The van der Waals surface area contributed by atoms with E-state index in [1.54, 1.807) is 6.07 Å². The summed E-state index contributed by atoms with van der Waals surface area (Å²) in [6.07, 6.45) is 4.06. The van der Waals surface area contributed by atoms with Crippen LogP contribution >= 0.6 is 11.6 Å². The third kappa shape index (κ3) is 3.39. The number of halogens is 1. The molecule has 1 aliphatic rings. The Kier molecular flexibility index (Phi) is 4.53. The van der Waals surface area contributed by atoms with Crippen LogP contribution in [0.4, 0.5) is 5.82 Å². The van der Waals surface area contributed by atoms with Gasteiger partial charge in [0.1, 0.15) is 17.2 Å². The van der Waals surface area contributed by atoms with Crippen LogP contribution in [-0.2, 0) is 4.74 Å². The Hall–Kier alpha value is -2.83. The molecule has 0 aliphatic carbocycles. The van der Waals surface area contributed by atoms with Gasteiger partial charge in [-0.3, -0.25) is 9.20 Å². The Morgan fingerprint density at radius 3 is 3.03 bits per heavy atom. The highest BCUT2D eigenvalue weighted by atomic mass is 35.5. The number of benzene rings is 1. The minimum atomic E-state index is -0.170. The van der Waals surface area contributed by atoms with Crippen molar-refractivity contribution >= 4 is 34.0 Å². The maximum absolute atomic E-state index is 12.9. The molecule has 1 atom stereocenters. The molecule has 3 aromatic heterocycles. The van der Waals surface area contributed by atoms with E-state index in [-0.39, 0.29) is 11.7 Å². The smallest absolute Gasteiger partial charge is 0.258 e. The first kappa shape index (κ1) is 18.2. The second-order valence-corrected chi connectivity index (χ2v) is 7.94. The lowest BCUT2D eigenvalue weighted by molar-refractivity contribution is 0.120. The van der Waals surface area contributed by atoms with Crippen LogP contribution in [0.1, 0.15) is 18.4 Å². The Balaban J connectivity index is 1.67. The number of pyridine rings is 2. The monoisotopic (exact) mass is 408 g/mol. The number of fused-ring (bicyclic) bond motifs is 2. The Morgan fingerprint density at radius 1 is 1.31 bits per heavy atom. The molecule has 0 saturated carbocycles. The van der Waals surface area contributed by atoms with Gasteiger partial charge in [-0.1, -0.05) is 23.2 Å². The van der Waals surface area contributed by atoms with Crippen molar-refractivity contribution in [1.29, 1.82) is 0 Å². The number of nitrogens with zero attached hydrogens (tertiary/aromatic N) is 2. The normalized spacial score (nSPS) is 16.7. The summed E-state index contributed by atoms with van der Waals surface area (Å²) in [7, 11) is 0. The lowest BCUT2D eigenvalue weighted by atomic mass is 10.1. The molecular weight excluding hydrogens is 388 g/mol. The summed E-state index contributed by atoms with van der Waals surface area (Å²) in [6.45, 7) is 3.48. The second-order valence-electron chi connectivity index (χ2n) is 7.50. The first-order valence-corrected chi connectivity index (χ1v) is 10.1. The molecule has 0 radical (unpaired) electrons. The van der Waals surface area contributed by atoms with Gasteiger partial charge in [0, 0.05) is 24.9 Å². The number of hydrogen-bond donors (Lipinski definition) is 2. The minimum absolute atomic E-state index is 0.158. The number of aromatic nitrogens is 3. The number of aromatic amines is 1. The number of aryl methyl sites for hydroxylation is 1. The number of H-pyrrole nitrogens is 1. The lowest BCUT2D eigenvalue weighted by Crippen LogP contribution is -2.20. The topological polar surface area (TPSA) is 71.4 Å². The van der Waals surface area contributed by atoms with Gasteiger partial charge < -0.3 is 15.0 Å². The number of ether oxygens (including phenoxy) is 1. The highest BCUT2D eigenvalue weighted by Crippen LogP contribution is 2.30. The summed E-state index contributed by atoms with van der Waals surface area (Å²) in [5.74, 6) is 0.746. The van der Waals surface area contributed by atoms with Crippen molar-refractivity contribution in [2.75, 3.05) is 18.5 Å². The van der Waals surface area contributed by atoms with E-state index < -0.39 is 0 Å². The molecule has 0 spiro atoms. The maximum atomic E-state index is 12.9. The predicted octanol–water partition coefficient (Wildman–Crippen LogP) is 4.40. The molecule has 0 amide bonds. The van der Waals surface area contributed by atoms with Gasteiger partial charge in [-0.25, -0.2) is 4.98 Å². The zero-order chi connectivity index (χ0) is 20.0. The van der Waals surface area contributed by atoms with E-state index in [2.05, 4.69) is 16.4 Å². The fourth-order valence-electron chi connectivity index (χ4n) is 3.89. The molecule has 1 saturated heterocycles. The number of imidazole rings is 1. The van der Waals surface area contributed by atoms with E-state index in [1.165, 1.54) is 0 Å². The number of anilines is 1. The Morgan fingerprint density at radius 2 is 2.21 bits per heavy atom. The first-order valence-electron chi connectivity index (χ1n) is 9.75. The van der Waals surface area contributed by atoms with Crippen molar-refractivity contribution in [3.8, 4) is 11.3 Å². The van der Waals surface area contributed by atoms with E-state index >= 15 is 0 Å². The average Bonchev–Trinajstić information content (AvgIpc) is 3.33. The largest absolute Gasteiger partial charge is 0.376 e. The maximum Gasteiger partial charge on any atom is 0.258 e. The van der Waals surface area contributed by atoms with Crippen LogP contribution in [0.3, 0.4) is 0 Å². The van der Waals surface area contributed by atoms with Crippen molar-refractivity contribution in [2.45, 2.75) is 25.9 Å². The second kappa shape index (κ2) is 7.21. The summed E-state index contributed by atoms with van der Waals surface area (Å²) in [5.41, 5.74) is 3.63. The quantitative estimate of drug-likeness (QED) is 0.525. The van der Waals surface area contributed by atoms with Gasteiger partial charge >= 0.3 is 0 Å². The van der Waals surface area contributed by atoms with Crippen LogP contribution in [0.15, 0.2) is 47.4 Å². The molecule has 148 valence electrons. The fraction of sp³-hybridized carbons (Fsp3) is 0.273. The van der Waals surface area contributed by atoms with Gasteiger partial charge in [0.2, 0.25) is 0 Å². The molecule has 2 N–H and O–H groups in total. The van der Waals surface area contributed by atoms with E-state index in [0.717, 1.165) is 47.4 Å². The highest BCUT2D eigenvalue weighted by Gasteiger charge is 2.21. The molecule has 0 bridgehead atoms. The molecule has 29 heavy (non-hydrogen) atoms. The molecule has 7 heteroatoms. The van der Waals surface area contributed by atoms with E-state index in [0.29, 0.717) is 22.8 Å². The standard InChI is InChI=1S/C22H21ClN4O2/c1-13-4-6-18-14(9-13)10-17(22(28)25-18)20-21(24-11-16-3-2-8-29-16)27-12-15(23)5-7-19(27)26-20/h4-7,9-10,12,16,24H,2-3,8,11H2,1H3,(H,25,28). The summed E-state index contributed by atoms with van der Waals surface area (Å²) < 4.78 is 7.64. The zero-order valence-corrected chi connectivity index (χ0v) is 16.8. The summed E-state index contributed by atoms with van der Waals surface area (Å²) in [6, 6.07) is 11.5. The molecule has 1 aromatic carbocycles. The van der Waals surface area contributed by atoms with Crippen LogP contribution < -0.4 is 10.9 Å². The number of hydrogen-bond acceptors (Lipinski definition) is 4. The van der Waals surface area contributed by atoms with Crippen LogP contribution in [-0.4, -0.2) is 33.6 Å². The summed E-state index contributed by atoms with van der Waals surface area (Å²) >= 11 is 6.23. The van der Waals surface area contributed by atoms with Gasteiger partial charge in [-0.2, -0.15) is 0 Å². The van der Waals surface area contributed by atoms with Gasteiger partial charge in [0.15, 0.2) is 0 Å². The van der Waals surface area contributed by atoms with Gasteiger partial charge in [0.05, 0.1) is 16.7 Å². The summed E-state index contributed by atoms with van der Waals surface area (Å²) in [5, 5.41) is 5.03. The first-order chi connectivity index (χ1) is 14.1. The van der Waals surface area contributed by atoms with E-state index in [9.17, 15) is 4.79 Å². The highest BCUT2D eigenvalue weighted by molar-refractivity contribution is 6.30. The van der Waals surface area contributed by atoms with Gasteiger partial charge in [-0.15, -0.1) is 0 Å². The molecule has 1 unspecified atom stereocenters. The average molecular weight is 409 g/mol. The molecule has 1 fully saturated rings. The molecule has 1 aliphatic heterocycles. The predicted molar refractivity (Wildman–Crippen MR) is 116 cm³/mol. The van der Waals surface area contributed by atoms with Crippen LogP contribution in [0.25, 0.3) is 27.8 Å². The Labute approximate surface area is 172 Å². The molecule has 5 rings (SSSR count). The van der Waals surface area contributed by atoms with Gasteiger partial charge in [0.25, 0.3) is 5.56 Å². The van der Waals surface area contributed by atoms with Gasteiger partial charge in [-0.05, 0) is 55.5 Å². The van der Waals surface area contributed by atoms with Crippen molar-refractivity contribution in [2.24, 2.45) is 0 Å². The number of nitrogens with one attached hydrogen (secondary N) is 2. The zero-order valence-electron chi connectivity index (χ0n) is 16.0. The van der Waals surface area contributed by atoms with Crippen molar-refractivity contribution in [1.82, 2.24) is 14.4 Å². The van der Waals surface area contributed by atoms with E-state index in [1.807, 2.05) is 41.8 Å². The van der Waals surface area contributed by atoms with Crippen LogP contribution in [0.5, 0.6) is 0 Å². The third-order valence-corrected chi connectivity index (χ3v) is 5.58. The van der Waals surface area contributed by atoms with Crippen molar-refractivity contribution in [3.63, 3.8) is 0 Å². The van der Waals surface area contributed by atoms with E-state index in [4.69, 9.17) is 21.3 Å². The summed E-state index contributed by atoms with van der Waals surface area (Å²) in [4.78, 5) is 20.6. The third-order valence-electron chi connectivity index (χ3n) is 5.36. The fourth-order valence-corrected chi connectivity index (χ4v) is 4.05. The van der Waals surface area contributed by atoms with Crippen molar-refractivity contribution in [3.05, 3.63) is 63.5 Å². The van der Waals surface area contributed by atoms with Crippen LogP contribution in [0.2, 0.25) is 5.02 Å². The van der Waals surface area contributed by atoms with Crippen LogP contribution in [0, 0.1) is 6.92 Å². The molecule has 4 heterocycles. The SMILES string of the molecule is Cc1ccc2[nH]c(=O)c(-c3nc4ccc(Cl)cn4c3NCC3CCCO3)cc2c1. The molecular formula is C22H21ClN4O2. The lowest BCUT2D eigenvalue weighted by Gasteiger charge is -2.13. The van der Waals surface area contributed by atoms with Crippen molar-refractivity contribution < 1.29 is 4.74 Å². The Bertz CT molecular complexity index is 1270. The number of rotatable bonds is 4. The molecule has 6 nitrogen and oxygen atoms in total.